The van der Waals surface area contributed by atoms with E-state index in [1.807, 2.05) is 31.2 Å². The highest BCUT2D eigenvalue weighted by Crippen LogP contribution is 2.32. The Hall–Kier alpha value is -2.64. The van der Waals surface area contributed by atoms with Gasteiger partial charge in [-0.25, -0.2) is 13.2 Å². The molecule has 0 radical (unpaired) electrons. The summed E-state index contributed by atoms with van der Waals surface area (Å²) in [5, 5.41) is 2.88. The van der Waals surface area contributed by atoms with Crippen LogP contribution < -0.4 is 10.2 Å². The number of sulfonamides is 1. The molecule has 30 heavy (non-hydrogen) atoms. The maximum atomic E-state index is 13.2. The van der Waals surface area contributed by atoms with Crippen molar-refractivity contribution in [2.75, 3.05) is 31.1 Å². The second-order valence-corrected chi connectivity index (χ2v) is 9.57. The zero-order chi connectivity index (χ0) is 21.1. The van der Waals surface area contributed by atoms with Crippen molar-refractivity contribution in [3.63, 3.8) is 0 Å². The summed E-state index contributed by atoms with van der Waals surface area (Å²) >= 11 is 0. The van der Waals surface area contributed by atoms with Gasteiger partial charge in [-0.15, -0.1) is 0 Å². The molecule has 0 unspecified atom stereocenters. The van der Waals surface area contributed by atoms with E-state index in [-0.39, 0.29) is 6.03 Å². The van der Waals surface area contributed by atoms with Crippen molar-refractivity contribution in [1.82, 2.24) is 9.62 Å². The van der Waals surface area contributed by atoms with Gasteiger partial charge in [-0.05, 0) is 54.2 Å². The number of rotatable bonds is 5. The number of carbonyl (C=O) groups is 1. The normalized spacial score (nSPS) is 16.8. The Morgan fingerprint density at radius 3 is 2.57 bits per heavy atom. The van der Waals surface area contributed by atoms with Crippen molar-refractivity contribution in [2.45, 2.75) is 31.1 Å². The Labute approximate surface area is 178 Å². The lowest BCUT2D eigenvalue weighted by molar-refractivity contribution is 0.247. The molecule has 0 saturated heterocycles. The van der Waals surface area contributed by atoms with Gasteiger partial charge in [-0.3, -0.25) is 4.90 Å². The minimum Gasteiger partial charge on any atom is -0.338 e. The summed E-state index contributed by atoms with van der Waals surface area (Å²) in [5.74, 6) is 0. The zero-order valence-electron chi connectivity index (χ0n) is 17.2. The van der Waals surface area contributed by atoms with E-state index in [4.69, 9.17) is 0 Å². The third-order valence-electron chi connectivity index (χ3n) is 5.67. The minimum atomic E-state index is -3.57. The first-order chi connectivity index (χ1) is 14.5. The van der Waals surface area contributed by atoms with Gasteiger partial charge in [0.1, 0.15) is 0 Å². The van der Waals surface area contributed by atoms with Crippen LogP contribution in [-0.2, 0) is 16.4 Å². The fraction of sp³-hybridized carbons (Fsp3) is 0.348. The standard InChI is InChI=1S/C23H27N3O3S/c1-2-13-24-23(27)26-16-12-20-17-21(8-9-22(20)26)30(28,29)25-14-10-19(11-15-25)18-6-4-3-5-7-18/h3-10,17H,2,11-16H2,1H3,(H,24,27). The van der Waals surface area contributed by atoms with Crippen LogP contribution in [0.1, 0.15) is 30.9 Å². The van der Waals surface area contributed by atoms with Gasteiger partial charge >= 0.3 is 6.03 Å². The molecule has 0 spiro atoms. The molecule has 0 fully saturated rings. The molecule has 2 aromatic rings. The fourth-order valence-corrected chi connectivity index (χ4v) is 5.44. The van der Waals surface area contributed by atoms with Crippen LogP contribution in [0, 0.1) is 0 Å². The first kappa shape index (κ1) is 20.6. The smallest absolute Gasteiger partial charge is 0.321 e. The maximum absolute atomic E-state index is 13.2. The molecule has 0 atom stereocenters. The molecule has 0 saturated carbocycles. The molecule has 158 valence electrons. The minimum absolute atomic E-state index is 0.124. The third kappa shape index (κ3) is 4.00. The van der Waals surface area contributed by atoms with E-state index in [9.17, 15) is 13.2 Å². The van der Waals surface area contributed by atoms with E-state index in [0.29, 0.717) is 43.9 Å². The number of carbonyl (C=O) groups excluding carboxylic acids is 1. The van der Waals surface area contributed by atoms with Crippen molar-refractivity contribution in [2.24, 2.45) is 0 Å². The van der Waals surface area contributed by atoms with Gasteiger partial charge in [0.25, 0.3) is 0 Å². The van der Waals surface area contributed by atoms with Crippen LogP contribution in [0.5, 0.6) is 0 Å². The quantitative estimate of drug-likeness (QED) is 0.795. The number of nitrogens with zero attached hydrogens (tertiary/aromatic N) is 2. The van der Waals surface area contributed by atoms with Crippen molar-refractivity contribution < 1.29 is 13.2 Å². The van der Waals surface area contributed by atoms with Gasteiger partial charge in [0.05, 0.1) is 4.90 Å². The van der Waals surface area contributed by atoms with Crippen molar-refractivity contribution in [1.29, 1.82) is 0 Å². The van der Waals surface area contributed by atoms with Gasteiger partial charge in [0.15, 0.2) is 0 Å². The van der Waals surface area contributed by atoms with Gasteiger partial charge in [-0.2, -0.15) is 4.31 Å². The highest BCUT2D eigenvalue weighted by atomic mass is 32.2. The molecule has 2 heterocycles. The van der Waals surface area contributed by atoms with Crippen LogP contribution in [0.3, 0.4) is 0 Å². The lowest BCUT2D eigenvalue weighted by atomic mass is 10.0. The van der Waals surface area contributed by atoms with E-state index < -0.39 is 10.0 Å². The van der Waals surface area contributed by atoms with Gasteiger partial charge in [-0.1, -0.05) is 43.3 Å². The molecule has 2 aliphatic rings. The molecular weight excluding hydrogens is 398 g/mol. The Kier molecular flexibility index (Phi) is 5.92. The number of hydrogen-bond donors (Lipinski definition) is 1. The molecule has 2 aliphatic heterocycles. The van der Waals surface area contributed by atoms with Gasteiger partial charge < -0.3 is 5.32 Å². The van der Waals surface area contributed by atoms with E-state index >= 15 is 0 Å². The largest absolute Gasteiger partial charge is 0.338 e. The zero-order valence-corrected chi connectivity index (χ0v) is 18.0. The average Bonchev–Trinajstić information content (AvgIpc) is 3.21. The number of nitrogens with one attached hydrogen (secondary N) is 1. The summed E-state index contributed by atoms with van der Waals surface area (Å²) in [7, 11) is -3.57. The van der Waals surface area contributed by atoms with Crippen molar-refractivity contribution in [3.8, 4) is 0 Å². The number of benzene rings is 2. The van der Waals surface area contributed by atoms with E-state index in [1.54, 1.807) is 23.1 Å². The van der Waals surface area contributed by atoms with Crippen LogP contribution in [0.4, 0.5) is 10.5 Å². The van der Waals surface area contributed by atoms with Gasteiger partial charge in [0, 0.05) is 31.9 Å². The average molecular weight is 426 g/mol. The summed E-state index contributed by atoms with van der Waals surface area (Å²) in [5.41, 5.74) is 4.03. The predicted molar refractivity (Wildman–Crippen MR) is 119 cm³/mol. The topological polar surface area (TPSA) is 69.7 Å². The summed E-state index contributed by atoms with van der Waals surface area (Å²) in [6.07, 6.45) is 4.24. The molecular formula is C23H27N3O3S. The van der Waals surface area contributed by atoms with Crippen molar-refractivity contribution >= 4 is 27.3 Å². The molecule has 1 N–H and O–H groups in total. The van der Waals surface area contributed by atoms with Crippen molar-refractivity contribution in [3.05, 3.63) is 65.7 Å². The molecule has 4 rings (SSSR count). The lowest BCUT2D eigenvalue weighted by Gasteiger charge is -2.26. The number of anilines is 1. The fourth-order valence-electron chi connectivity index (χ4n) is 4.01. The molecule has 7 heteroatoms. The number of hydrogen-bond acceptors (Lipinski definition) is 3. The monoisotopic (exact) mass is 425 g/mol. The van der Waals surface area contributed by atoms with E-state index in [0.717, 1.165) is 23.2 Å². The van der Waals surface area contributed by atoms with Crippen LogP contribution in [0.2, 0.25) is 0 Å². The van der Waals surface area contributed by atoms with Crippen LogP contribution >= 0.6 is 0 Å². The summed E-state index contributed by atoms with van der Waals surface area (Å²) in [4.78, 5) is 14.3. The van der Waals surface area contributed by atoms with Gasteiger partial charge in [0.2, 0.25) is 10.0 Å². The number of amides is 2. The second kappa shape index (κ2) is 8.62. The van der Waals surface area contributed by atoms with Crippen LogP contribution in [-0.4, -0.2) is 44.9 Å². The summed E-state index contributed by atoms with van der Waals surface area (Å²) in [6, 6.07) is 15.1. The molecule has 0 aromatic heterocycles. The number of urea groups is 1. The number of fused-ring (bicyclic) bond motifs is 1. The van der Waals surface area contributed by atoms with Crippen LogP contribution in [0.15, 0.2) is 59.5 Å². The highest BCUT2D eigenvalue weighted by molar-refractivity contribution is 7.89. The predicted octanol–water partition coefficient (Wildman–Crippen LogP) is 3.65. The summed E-state index contributed by atoms with van der Waals surface area (Å²) < 4.78 is 27.9. The molecule has 2 aromatic carbocycles. The SMILES string of the molecule is CCCNC(=O)N1CCc2cc(S(=O)(=O)N3CC=C(c4ccccc4)CC3)ccc21. The highest BCUT2D eigenvalue weighted by Gasteiger charge is 2.30. The Balaban J connectivity index is 1.51. The lowest BCUT2D eigenvalue weighted by Crippen LogP contribution is -2.39. The molecule has 0 aliphatic carbocycles. The first-order valence-electron chi connectivity index (χ1n) is 10.4. The van der Waals surface area contributed by atoms with E-state index in [2.05, 4.69) is 17.4 Å². The van der Waals surface area contributed by atoms with Crippen LogP contribution in [0.25, 0.3) is 5.57 Å². The first-order valence-corrected chi connectivity index (χ1v) is 11.9. The molecule has 2 amide bonds. The Morgan fingerprint density at radius 2 is 1.87 bits per heavy atom. The van der Waals surface area contributed by atoms with E-state index in [1.165, 1.54) is 9.88 Å². The Morgan fingerprint density at radius 1 is 1.07 bits per heavy atom. The summed E-state index contributed by atoms with van der Waals surface area (Å²) in [6.45, 7) is 4.04. The Bertz CT molecular complexity index is 1060. The second-order valence-electron chi connectivity index (χ2n) is 7.63. The third-order valence-corrected chi connectivity index (χ3v) is 7.53. The molecule has 6 nitrogen and oxygen atoms in total. The maximum Gasteiger partial charge on any atom is 0.321 e. The molecule has 0 bridgehead atoms.